The fourth-order valence-corrected chi connectivity index (χ4v) is 2.68. The van der Waals surface area contributed by atoms with Crippen molar-refractivity contribution in [2.75, 3.05) is 11.5 Å². The molecule has 1 aromatic carbocycles. The molecular formula is C13H20N2. The van der Waals surface area contributed by atoms with Crippen LogP contribution in [0.25, 0.3) is 0 Å². The van der Waals surface area contributed by atoms with Gasteiger partial charge in [-0.3, -0.25) is 0 Å². The van der Waals surface area contributed by atoms with Crippen molar-refractivity contribution < 1.29 is 0 Å². The predicted octanol–water partition coefficient (Wildman–Crippen LogP) is 3.07. The van der Waals surface area contributed by atoms with Gasteiger partial charge in [0.2, 0.25) is 0 Å². The number of hydrogen-bond donors (Lipinski definition) is 2. The van der Waals surface area contributed by atoms with E-state index < -0.39 is 0 Å². The number of hydrogen-bond acceptors (Lipinski definition) is 2. The molecule has 2 nitrogen and oxygen atoms in total. The highest BCUT2D eigenvalue weighted by Crippen LogP contribution is 2.41. The van der Waals surface area contributed by atoms with Gasteiger partial charge < -0.3 is 11.5 Å². The Balaban J connectivity index is 2.43. The summed E-state index contributed by atoms with van der Waals surface area (Å²) in [6, 6.07) is 4.08. The molecule has 1 aliphatic rings. The Hall–Kier alpha value is -1.18. The summed E-state index contributed by atoms with van der Waals surface area (Å²) < 4.78 is 0. The summed E-state index contributed by atoms with van der Waals surface area (Å²) in [5.74, 6) is 0.608. The molecule has 2 rings (SSSR count). The number of nitrogens with two attached hydrogens (primary N) is 2. The molecule has 2 heteroatoms. The first-order valence-electron chi connectivity index (χ1n) is 5.90. The number of anilines is 2. The van der Waals surface area contributed by atoms with E-state index in [0.29, 0.717) is 5.92 Å². The Labute approximate surface area is 91.7 Å². The highest BCUT2D eigenvalue weighted by Gasteiger charge is 2.22. The van der Waals surface area contributed by atoms with Crippen molar-refractivity contribution in [1.29, 1.82) is 0 Å². The third-order valence-corrected chi connectivity index (χ3v) is 3.56. The van der Waals surface area contributed by atoms with Crippen LogP contribution in [0.5, 0.6) is 0 Å². The topological polar surface area (TPSA) is 52.0 Å². The van der Waals surface area contributed by atoms with Crippen LogP contribution in [0.1, 0.15) is 49.7 Å². The fourth-order valence-electron chi connectivity index (χ4n) is 2.68. The summed E-state index contributed by atoms with van der Waals surface area (Å²) in [6.45, 7) is 2.14. The first-order valence-corrected chi connectivity index (χ1v) is 5.90. The number of aryl methyl sites for hydroxylation is 1. The predicted molar refractivity (Wildman–Crippen MR) is 65.9 cm³/mol. The lowest BCUT2D eigenvalue weighted by Gasteiger charge is -2.18. The lowest BCUT2D eigenvalue weighted by Crippen LogP contribution is -2.06. The van der Waals surface area contributed by atoms with Crippen LogP contribution in [-0.4, -0.2) is 0 Å². The van der Waals surface area contributed by atoms with Gasteiger partial charge in [0.15, 0.2) is 0 Å². The molecule has 0 heterocycles. The maximum absolute atomic E-state index is 6.19. The van der Waals surface area contributed by atoms with Crippen LogP contribution >= 0.6 is 0 Å². The second-order valence-electron chi connectivity index (χ2n) is 4.48. The highest BCUT2D eigenvalue weighted by atomic mass is 14.6. The lowest BCUT2D eigenvalue weighted by molar-refractivity contribution is 0.727. The van der Waals surface area contributed by atoms with Gasteiger partial charge in [0.1, 0.15) is 0 Å². The molecule has 1 saturated carbocycles. The summed E-state index contributed by atoms with van der Waals surface area (Å²) in [5, 5.41) is 0. The summed E-state index contributed by atoms with van der Waals surface area (Å²) >= 11 is 0. The van der Waals surface area contributed by atoms with Crippen molar-refractivity contribution >= 4 is 11.4 Å². The zero-order chi connectivity index (χ0) is 10.8. The van der Waals surface area contributed by atoms with E-state index >= 15 is 0 Å². The molecule has 0 atom stereocenters. The van der Waals surface area contributed by atoms with Gasteiger partial charge >= 0.3 is 0 Å². The van der Waals surface area contributed by atoms with Gasteiger partial charge in [0, 0.05) is 16.9 Å². The molecule has 0 radical (unpaired) electrons. The molecule has 15 heavy (non-hydrogen) atoms. The van der Waals surface area contributed by atoms with Crippen molar-refractivity contribution in [2.24, 2.45) is 0 Å². The molecule has 82 valence electrons. The highest BCUT2D eigenvalue weighted by molar-refractivity contribution is 5.67. The summed E-state index contributed by atoms with van der Waals surface area (Å²) in [6.07, 6.45) is 6.13. The largest absolute Gasteiger partial charge is 0.398 e. The molecule has 0 unspecified atom stereocenters. The normalized spacial score (nSPS) is 17.1. The van der Waals surface area contributed by atoms with E-state index in [2.05, 4.69) is 13.0 Å². The minimum Gasteiger partial charge on any atom is -0.398 e. The first-order chi connectivity index (χ1) is 7.24. The van der Waals surface area contributed by atoms with E-state index in [9.17, 15) is 0 Å². The maximum Gasteiger partial charge on any atom is 0.0402 e. The van der Waals surface area contributed by atoms with Crippen LogP contribution in [0, 0.1) is 0 Å². The summed E-state index contributed by atoms with van der Waals surface area (Å²) in [4.78, 5) is 0. The van der Waals surface area contributed by atoms with E-state index in [0.717, 1.165) is 17.8 Å². The van der Waals surface area contributed by atoms with Crippen molar-refractivity contribution in [3.8, 4) is 0 Å². The summed E-state index contributed by atoms with van der Waals surface area (Å²) in [7, 11) is 0. The lowest BCUT2D eigenvalue weighted by atomic mass is 9.91. The Bertz CT molecular complexity index is 352. The molecule has 1 fully saturated rings. The standard InChI is InChI=1S/C13H20N2/c1-2-9-7-8-11(14)12(13(9)15)10-5-3-4-6-10/h7-8,10H,2-6,14-15H2,1H3. The minimum atomic E-state index is 0.608. The average molecular weight is 204 g/mol. The first kappa shape index (κ1) is 10.3. The number of nitrogen functional groups attached to an aromatic ring is 2. The van der Waals surface area contributed by atoms with E-state index in [1.807, 2.05) is 6.07 Å². The fraction of sp³-hybridized carbons (Fsp3) is 0.538. The van der Waals surface area contributed by atoms with Gasteiger partial charge in [-0.2, -0.15) is 0 Å². The third-order valence-electron chi connectivity index (χ3n) is 3.56. The van der Waals surface area contributed by atoms with Gasteiger partial charge in [-0.15, -0.1) is 0 Å². The molecule has 1 aromatic rings. The average Bonchev–Trinajstić information content (AvgIpc) is 2.71. The van der Waals surface area contributed by atoms with Gasteiger partial charge in [-0.1, -0.05) is 25.8 Å². The van der Waals surface area contributed by atoms with Crippen LogP contribution in [0.3, 0.4) is 0 Å². The zero-order valence-electron chi connectivity index (χ0n) is 9.42. The van der Waals surface area contributed by atoms with Gasteiger partial charge in [-0.25, -0.2) is 0 Å². The SMILES string of the molecule is CCc1ccc(N)c(C2CCCC2)c1N. The molecule has 0 bridgehead atoms. The van der Waals surface area contributed by atoms with Gasteiger partial charge in [-0.05, 0) is 36.8 Å². The smallest absolute Gasteiger partial charge is 0.0402 e. The van der Waals surface area contributed by atoms with Crippen LogP contribution in [0.4, 0.5) is 11.4 Å². The number of benzene rings is 1. The van der Waals surface area contributed by atoms with Crippen LogP contribution < -0.4 is 11.5 Å². The zero-order valence-corrected chi connectivity index (χ0v) is 9.42. The molecule has 4 N–H and O–H groups in total. The molecule has 0 saturated heterocycles. The summed E-state index contributed by atoms with van der Waals surface area (Å²) in [5.41, 5.74) is 16.5. The van der Waals surface area contributed by atoms with Gasteiger partial charge in [0.25, 0.3) is 0 Å². The molecule has 0 aromatic heterocycles. The molecule has 0 spiro atoms. The Kier molecular flexibility index (Phi) is 2.85. The van der Waals surface area contributed by atoms with Crippen molar-refractivity contribution in [1.82, 2.24) is 0 Å². The maximum atomic E-state index is 6.19. The quantitative estimate of drug-likeness (QED) is 0.727. The Morgan fingerprint density at radius 1 is 1.20 bits per heavy atom. The second-order valence-corrected chi connectivity index (χ2v) is 4.48. The minimum absolute atomic E-state index is 0.608. The van der Waals surface area contributed by atoms with Crippen LogP contribution in [-0.2, 0) is 6.42 Å². The Morgan fingerprint density at radius 3 is 2.47 bits per heavy atom. The third kappa shape index (κ3) is 1.81. The monoisotopic (exact) mass is 204 g/mol. The Morgan fingerprint density at radius 2 is 1.87 bits per heavy atom. The van der Waals surface area contributed by atoms with Crippen LogP contribution in [0.15, 0.2) is 12.1 Å². The molecule has 0 aliphatic heterocycles. The van der Waals surface area contributed by atoms with E-state index in [-0.39, 0.29) is 0 Å². The van der Waals surface area contributed by atoms with Crippen molar-refractivity contribution in [3.05, 3.63) is 23.3 Å². The van der Waals surface area contributed by atoms with E-state index in [1.165, 1.54) is 36.8 Å². The molecular weight excluding hydrogens is 184 g/mol. The molecule has 0 amide bonds. The molecule has 1 aliphatic carbocycles. The van der Waals surface area contributed by atoms with Gasteiger partial charge in [0.05, 0.1) is 0 Å². The van der Waals surface area contributed by atoms with Crippen molar-refractivity contribution in [2.45, 2.75) is 44.9 Å². The van der Waals surface area contributed by atoms with E-state index in [4.69, 9.17) is 11.5 Å². The van der Waals surface area contributed by atoms with Crippen LogP contribution in [0.2, 0.25) is 0 Å². The van der Waals surface area contributed by atoms with Crippen molar-refractivity contribution in [3.63, 3.8) is 0 Å². The number of rotatable bonds is 2. The van der Waals surface area contributed by atoms with E-state index in [1.54, 1.807) is 0 Å². The second kappa shape index (κ2) is 4.13.